The van der Waals surface area contributed by atoms with Crippen molar-refractivity contribution in [3.8, 4) is 0 Å². The first-order chi connectivity index (χ1) is 8.61. The van der Waals surface area contributed by atoms with Crippen LogP contribution in [0.2, 0.25) is 5.02 Å². The molecule has 0 N–H and O–H groups in total. The van der Waals surface area contributed by atoms with Gasteiger partial charge in [0.25, 0.3) is 0 Å². The van der Waals surface area contributed by atoms with Crippen molar-refractivity contribution in [3.05, 3.63) is 47.0 Å². The quantitative estimate of drug-likeness (QED) is 0.411. The van der Waals surface area contributed by atoms with Crippen molar-refractivity contribution in [1.82, 2.24) is 0 Å². The van der Waals surface area contributed by atoms with E-state index in [4.69, 9.17) is 11.6 Å². The van der Waals surface area contributed by atoms with Crippen LogP contribution >= 0.6 is 11.6 Å². The topological polar surface area (TPSA) is 0 Å². The number of benzene rings is 1. The molecule has 1 aromatic carbocycles. The Bertz CT molecular complexity index is 324. The number of hydrogen-bond acceptors (Lipinski definition) is 0. The summed E-state index contributed by atoms with van der Waals surface area (Å²) in [6.07, 6.45) is 7.88. The molecule has 0 bridgehead atoms. The van der Waals surface area contributed by atoms with Gasteiger partial charge < -0.3 is 0 Å². The number of halogens is 1. The summed E-state index contributed by atoms with van der Waals surface area (Å²) in [4.78, 5) is 0. The molecule has 0 radical (unpaired) electrons. The highest BCUT2D eigenvalue weighted by Crippen LogP contribution is 2.17. The van der Waals surface area contributed by atoms with Gasteiger partial charge in [-0.1, -0.05) is 87.9 Å². The fourth-order valence-corrected chi connectivity index (χ4v) is 1.85. The predicted octanol–water partition coefficient (Wildman–Crippen LogP) is 6.44. The molecule has 0 spiro atoms. The molecule has 0 amide bonds. The van der Waals surface area contributed by atoms with E-state index < -0.39 is 0 Å². The van der Waals surface area contributed by atoms with Crippen LogP contribution in [0.25, 0.3) is 0 Å². The van der Waals surface area contributed by atoms with Gasteiger partial charge in [0, 0.05) is 5.02 Å². The molecule has 0 aliphatic heterocycles. The Kier molecular flexibility index (Phi) is 10.9. The first kappa shape index (κ1) is 17.2. The molecule has 1 heteroatoms. The van der Waals surface area contributed by atoms with E-state index in [-0.39, 0.29) is 0 Å². The Morgan fingerprint density at radius 3 is 2.06 bits per heavy atom. The van der Waals surface area contributed by atoms with Crippen LogP contribution in [0, 0.1) is 0 Å². The lowest BCUT2D eigenvalue weighted by Crippen LogP contribution is -1.85. The third kappa shape index (κ3) is 9.30. The lowest BCUT2D eigenvalue weighted by Gasteiger charge is -2.01. The monoisotopic (exact) mass is 266 g/mol. The van der Waals surface area contributed by atoms with Gasteiger partial charge >= 0.3 is 0 Å². The van der Waals surface area contributed by atoms with Crippen LogP contribution in [0.1, 0.15) is 58.4 Å². The molecule has 0 unspecified atom stereocenters. The lowest BCUT2D eigenvalue weighted by molar-refractivity contribution is 0.656. The zero-order valence-electron chi connectivity index (χ0n) is 12.1. The normalized spacial score (nSPS) is 9.56. The van der Waals surface area contributed by atoms with E-state index >= 15 is 0 Å². The first-order valence-corrected chi connectivity index (χ1v) is 7.37. The zero-order valence-corrected chi connectivity index (χ0v) is 12.9. The van der Waals surface area contributed by atoms with Gasteiger partial charge in [0.05, 0.1) is 0 Å². The van der Waals surface area contributed by atoms with Crippen LogP contribution < -0.4 is 0 Å². The smallest absolute Gasteiger partial charge is 0.0441 e. The summed E-state index contributed by atoms with van der Waals surface area (Å²) >= 11 is 5.93. The summed E-state index contributed by atoms with van der Waals surface area (Å²) < 4.78 is 0. The van der Waals surface area contributed by atoms with Crippen molar-refractivity contribution >= 4 is 11.6 Å². The molecule has 0 aliphatic carbocycles. The second-order valence-corrected chi connectivity index (χ2v) is 5.19. The lowest BCUT2D eigenvalue weighted by atomic mass is 10.1. The standard InChI is InChI=1S/C10H11Cl.C7H16/c1-8(2)7-9-5-3-4-6-10(9)11;1-3-5-7-6-4-2/h3-6H,1,7H2,2H3;3-7H2,1-2H3. The summed E-state index contributed by atoms with van der Waals surface area (Å²) in [7, 11) is 0. The minimum Gasteiger partial charge on any atom is -0.0998 e. The molecule has 0 heterocycles. The van der Waals surface area contributed by atoms with Gasteiger partial charge in [-0.25, -0.2) is 0 Å². The van der Waals surface area contributed by atoms with Crippen LogP contribution in [0.5, 0.6) is 0 Å². The number of allylic oxidation sites excluding steroid dienone is 1. The maximum Gasteiger partial charge on any atom is 0.0441 e. The Morgan fingerprint density at radius 1 is 1.06 bits per heavy atom. The van der Waals surface area contributed by atoms with E-state index in [0.29, 0.717) is 0 Å². The van der Waals surface area contributed by atoms with Gasteiger partial charge in [-0.05, 0) is 25.0 Å². The number of unbranched alkanes of at least 4 members (excludes halogenated alkanes) is 4. The molecule has 0 fully saturated rings. The molecular formula is C17H27Cl. The van der Waals surface area contributed by atoms with Gasteiger partial charge in [-0.15, -0.1) is 0 Å². The Balaban J connectivity index is 0.000000360. The summed E-state index contributed by atoms with van der Waals surface area (Å²) in [5.41, 5.74) is 2.29. The van der Waals surface area contributed by atoms with Crippen molar-refractivity contribution in [2.24, 2.45) is 0 Å². The van der Waals surface area contributed by atoms with Crippen molar-refractivity contribution in [3.63, 3.8) is 0 Å². The van der Waals surface area contributed by atoms with Gasteiger partial charge in [0.2, 0.25) is 0 Å². The van der Waals surface area contributed by atoms with E-state index in [9.17, 15) is 0 Å². The highest BCUT2D eigenvalue weighted by atomic mass is 35.5. The fraction of sp³-hybridized carbons (Fsp3) is 0.529. The second-order valence-electron chi connectivity index (χ2n) is 4.79. The van der Waals surface area contributed by atoms with Crippen LogP contribution in [-0.2, 0) is 6.42 Å². The maximum absolute atomic E-state index is 5.93. The SMILES string of the molecule is C=C(C)Cc1ccccc1Cl.CCCCCCC. The van der Waals surface area contributed by atoms with Crippen LogP contribution in [0.3, 0.4) is 0 Å². The van der Waals surface area contributed by atoms with Crippen molar-refractivity contribution in [2.45, 2.75) is 59.3 Å². The molecule has 1 rings (SSSR count). The molecule has 0 saturated heterocycles. The molecule has 102 valence electrons. The number of hydrogen-bond donors (Lipinski definition) is 0. The summed E-state index contributed by atoms with van der Waals surface area (Å²) in [5.74, 6) is 0. The van der Waals surface area contributed by atoms with E-state index in [0.717, 1.165) is 22.6 Å². The maximum atomic E-state index is 5.93. The van der Waals surface area contributed by atoms with Gasteiger partial charge in [-0.3, -0.25) is 0 Å². The summed E-state index contributed by atoms with van der Waals surface area (Å²) in [5, 5.41) is 0.829. The van der Waals surface area contributed by atoms with E-state index in [1.54, 1.807) is 0 Å². The van der Waals surface area contributed by atoms with Crippen LogP contribution in [0.4, 0.5) is 0 Å². The molecule has 18 heavy (non-hydrogen) atoms. The molecule has 0 saturated carbocycles. The number of rotatable bonds is 6. The summed E-state index contributed by atoms with van der Waals surface area (Å²) in [6.45, 7) is 10.3. The molecule has 0 atom stereocenters. The average Bonchev–Trinajstić information content (AvgIpc) is 2.33. The predicted molar refractivity (Wildman–Crippen MR) is 84.4 cm³/mol. The van der Waals surface area contributed by atoms with Gasteiger partial charge in [0.15, 0.2) is 0 Å². The second kappa shape index (κ2) is 11.3. The van der Waals surface area contributed by atoms with Gasteiger partial charge in [-0.2, -0.15) is 0 Å². The molecule has 0 aliphatic rings. The van der Waals surface area contributed by atoms with Crippen LogP contribution in [-0.4, -0.2) is 0 Å². The molecular weight excluding hydrogens is 240 g/mol. The molecule has 0 aromatic heterocycles. The van der Waals surface area contributed by atoms with Crippen molar-refractivity contribution in [1.29, 1.82) is 0 Å². The first-order valence-electron chi connectivity index (χ1n) is 6.99. The third-order valence-corrected chi connectivity index (χ3v) is 3.03. The summed E-state index contributed by atoms with van der Waals surface area (Å²) in [6, 6.07) is 7.85. The molecule has 0 nitrogen and oxygen atoms in total. The third-order valence-electron chi connectivity index (χ3n) is 2.66. The zero-order chi connectivity index (χ0) is 13.8. The highest BCUT2D eigenvalue weighted by Gasteiger charge is 1.97. The Hall–Kier alpha value is -0.750. The Labute approximate surface area is 118 Å². The Morgan fingerprint density at radius 2 is 1.61 bits per heavy atom. The minimum atomic E-state index is 0.829. The van der Waals surface area contributed by atoms with Gasteiger partial charge in [0.1, 0.15) is 0 Å². The van der Waals surface area contributed by atoms with Crippen LogP contribution in [0.15, 0.2) is 36.4 Å². The highest BCUT2D eigenvalue weighted by molar-refractivity contribution is 6.31. The van der Waals surface area contributed by atoms with Crippen molar-refractivity contribution < 1.29 is 0 Å². The average molecular weight is 267 g/mol. The largest absolute Gasteiger partial charge is 0.0998 e. The van der Waals surface area contributed by atoms with Crippen molar-refractivity contribution in [2.75, 3.05) is 0 Å². The molecule has 1 aromatic rings. The fourth-order valence-electron chi connectivity index (χ4n) is 1.64. The van der Waals surface area contributed by atoms with E-state index in [1.165, 1.54) is 32.1 Å². The van der Waals surface area contributed by atoms with E-state index in [2.05, 4.69) is 20.4 Å². The van der Waals surface area contributed by atoms with E-state index in [1.807, 2.05) is 31.2 Å². The minimum absolute atomic E-state index is 0.829.